The summed E-state index contributed by atoms with van der Waals surface area (Å²) in [6, 6.07) is 19.1. The van der Waals surface area contributed by atoms with Gasteiger partial charge in [-0.25, -0.2) is 13.1 Å². The summed E-state index contributed by atoms with van der Waals surface area (Å²) >= 11 is 11.7. The topological polar surface area (TPSA) is 81.1 Å². The molecular formula is C22H17Cl2N3O3S. The maximum Gasteiger partial charge on any atom is 0.291 e. The van der Waals surface area contributed by atoms with Gasteiger partial charge in [0.2, 0.25) is 10.0 Å². The lowest BCUT2D eigenvalue weighted by atomic mass is 10.0. The van der Waals surface area contributed by atoms with Crippen LogP contribution in [0.25, 0.3) is 16.5 Å². The molecule has 6 nitrogen and oxygen atoms in total. The first-order valence-corrected chi connectivity index (χ1v) is 11.5. The molecule has 0 radical (unpaired) electrons. The smallest absolute Gasteiger partial charge is 0.266 e. The number of nitrogens with one attached hydrogen (secondary N) is 1. The Bertz CT molecular complexity index is 1430. The molecule has 1 unspecified atom stereocenters. The Morgan fingerprint density at radius 3 is 2.35 bits per heavy atom. The molecule has 0 saturated heterocycles. The van der Waals surface area contributed by atoms with Crippen LogP contribution in [0.2, 0.25) is 10.0 Å². The predicted molar refractivity (Wildman–Crippen MR) is 123 cm³/mol. The van der Waals surface area contributed by atoms with Crippen LogP contribution in [0.1, 0.15) is 18.5 Å². The molecule has 1 aromatic heterocycles. The highest BCUT2D eigenvalue weighted by molar-refractivity contribution is 7.89. The molecule has 0 spiro atoms. The van der Waals surface area contributed by atoms with Crippen molar-refractivity contribution in [3.63, 3.8) is 0 Å². The number of sulfonamides is 1. The number of fused-ring (bicyclic) bond motifs is 1. The van der Waals surface area contributed by atoms with Crippen molar-refractivity contribution in [3.8, 4) is 5.69 Å². The summed E-state index contributed by atoms with van der Waals surface area (Å²) in [5, 5.41) is 5.96. The minimum absolute atomic E-state index is 0.0500. The highest BCUT2D eigenvalue weighted by Crippen LogP contribution is 2.23. The van der Waals surface area contributed by atoms with Gasteiger partial charge in [0.05, 0.1) is 21.8 Å². The van der Waals surface area contributed by atoms with Crippen LogP contribution in [-0.4, -0.2) is 18.2 Å². The second-order valence-electron chi connectivity index (χ2n) is 6.97. The molecule has 158 valence electrons. The summed E-state index contributed by atoms with van der Waals surface area (Å²) in [4.78, 5) is 12.3. The second-order valence-corrected chi connectivity index (χ2v) is 9.47. The van der Waals surface area contributed by atoms with E-state index in [4.69, 9.17) is 23.2 Å². The number of halogens is 2. The molecule has 0 aliphatic carbocycles. The van der Waals surface area contributed by atoms with Gasteiger partial charge >= 0.3 is 0 Å². The molecule has 0 aliphatic heterocycles. The molecule has 0 fully saturated rings. The van der Waals surface area contributed by atoms with Crippen molar-refractivity contribution in [3.05, 3.63) is 98.9 Å². The Labute approximate surface area is 189 Å². The minimum atomic E-state index is -3.79. The number of hydrogen-bond acceptors (Lipinski definition) is 4. The average Bonchev–Trinajstić information content (AvgIpc) is 2.77. The number of rotatable bonds is 5. The summed E-state index contributed by atoms with van der Waals surface area (Å²) < 4.78 is 29.5. The van der Waals surface area contributed by atoms with E-state index in [1.165, 1.54) is 30.5 Å². The Morgan fingerprint density at radius 1 is 0.968 bits per heavy atom. The predicted octanol–water partition coefficient (Wildman–Crippen LogP) is 4.73. The van der Waals surface area contributed by atoms with Gasteiger partial charge in [-0.05, 0) is 53.6 Å². The van der Waals surface area contributed by atoms with E-state index in [1.54, 1.807) is 6.92 Å². The largest absolute Gasteiger partial charge is 0.291 e. The highest BCUT2D eigenvalue weighted by atomic mass is 35.5. The number of aromatic nitrogens is 2. The number of hydrogen-bond donors (Lipinski definition) is 1. The molecule has 0 aliphatic rings. The summed E-state index contributed by atoms with van der Waals surface area (Å²) in [6.45, 7) is 1.79. The zero-order valence-electron chi connectivity index (χ0n) is 16.3. The van der Waals surface area contributed by atoms with Gasteiger partial charge in [-0.3, -0.25) is 4.79 Å². The maximum atomic E-state index is 12.9. The first kappa shape index (κ1) is 21.5. The fourth-order valence-electron chi connectivity index (χ4n) is 3.21. The molecule has 4 rings (SSSR count). The maximum absolute atomic E-state index is 12.9. The molecule has 31 heavy (non-hydrogen) atoms. The lowest BCUT2D eigenvalue weighted by Crippen LogP contribution is -2.27. The fourth-order valence-corrected chi connectivity index (χ4v) is 4.69. The first-order valence-electron chi connectivity index (χ1n) is 9.31. The second kappa shape index (κ2) is 8.43. The summed E-state index contributed by atoms with van der Waals surface area (Å²) in [6.07, 6.45) is 1.25. The van der Waals surface area contributed by atoms with Crippen molar-refractivity contribution in [2.24, 2.45) is 0 Å². The average molecular weight is 474 g/mol. The molecule has 4 aromatic rings. The van der Waals surface area contributed by atoms with Crippen LogP contribution in [0.5, 0.6) is 0 Å². The first-order chi connectivity index (χ1) is 14.8. The van der Waals surface area contributed by atoms with Crippen LogP contribution >= 0.6 is 23.2 Å². The van der Waals surface area contributed by atoms with Crippen molar-refractivity contribution in [2.75, 3.05) is 0 Å². The molecule has 1 heterocycles. The number of nitrogens with zero attached hydrogens (tertiary/aromatic N) is 2. The SMILES string of the molecule is CC(NS(=O)(=O)c1ccc(-n2ncc(Cl)c(Cl)c2=O)cc1)c1ccc2ccccc2c1. The lowest BCUT2D eigenvalue weighted by Gasteiger charge is -2.16. The molecular weight excluding hydrogens is 457 g/mol. The standard InChI is InChI=1S/C22H17Cl2N3O3S/c1-14(16-7-6-15-4-2-3-5-17(15)12-16)26-31(29,30)19-10-8-18(9-11-19)27-22(28)21(24)20(23)13-25-27/h2-14,26H,1H3. The van der Waals surface area contributed by atoms with E-state index in [0.717, 1.165) is 21.0 Å². The van der Waals surface area contributed by atoms with Crippen molar-refractivity contribution in [2.45, 2.75) is 17.9 Å². The molecule has 9 heteroatoms. The third-order valence-electron chi connectivity index (χ3n) is 4.87. The Hall–Kier alpha value is -2.71. The normalized spacial score (nSPS) is 12.7. The molecule has 3 aromatic carbocycles. The summed E-state index contributed by atoms with van der Waals surface area (Å²) in [7, 11) is -3.79. The Kier molecular flexibility index (Phi) is 5.85. The van der Waals surface area contributed by atoms with Crippen molar-refractivity contribution in [1.82, 2.24) is 14.5 Å². The van der Waals surface area contributed by atoms with Crippen LogP contribution in [0.15, 0.2) is 82.6 Å². The van der Waals surface area contributed by atoms with E-state index >= 15 is 0 Å². The van der Waals surface area contributed by atoms with Crippen LogP contribution < -0.4 is 10.3 Å². The minimum Gasteiger partial charge on any atom is -0.266 e. The fraction of sp³-hybridized carbons (Fsp3) is 0.0909. The van der Waals surface area contributed by atoms with Crippen LogP contribution in [0, 0.1) is 0 Å². The Morgan fingerprint density at radius 2 is 1.65 bits per heavy atom. The monoisotopic (exact) mass is 473 g/mol. The highest BCUT2D eigenvalue weighted by Gasteiger charge is 2.19. The molecule has 0 saturated carbocycles. The van der Waals surface area contributed by atoms with Crippen LogP contribution in [-0.2, 0) is 10.0 Å². The van der Waals surface area contributed by atoms with E-state index in [9.17, 15) is 13.2 Å². The van der Waals surface area contributed by atoms with E-state index in [1.807, 2.05) is 42.5 Å². The van der Waals surface area contributed by atoms with Gasteiger partial charge in [-0.1, -0.05) is 59.6 Å². The zero-order chi connectivity index (χ0) is 22.2. The van der Waals surface area contributed by atoms with Crippen molar-refractivity contribution < 1.29 is 8.42 Å². The molecule has 0 bridgehead atoms. The van der Waals surface area contributed by atoms with Gasteiger partial charge in [0, 0.05) is 6.04 Å². The van der Waals surface area contributed by atoms with Crippen LogP contribution in [0.3, 0.4) is 0 Å². The van der Waals surface area contributed by atoms with E-state index in [-0.39, 0.29) is 14.9 Å². The van der Waals surface area contributed by atoms with Gasteiger partial charge in [-0.15, -0.1) is 0 Å². The van der Waals surface area contributed by atoms with Gasteiger partial charge in [0.25, 0.3) is 5.56 Å². The van der Waals surface area contributed by atoms with Gasteiger partial charge < -0.3 is 0 Å². The lowest BCUT2D eigenvalue weighted by molar-refractivity contribution is 0.567. The zero-order valence-corrected chi connectivity index (χ0v) is 18.6. The number of benzene rings is 3. The summed E-state index contributed by atoms with van der Waals surface area (Å²) in [5.74, 6) is 0. The Balaban J connectivity index is 1.58. The van der Waals surface area contributed by atoms with Crippen molar-refractivity contribution >= 4 is 44.0 Å². The molecule has 1 N–H and O–H groups in total. The van der Waals surface area contributed by atoms with E-state index < -0.39 is 21.6 Å². The third-order valence-corrected chi connectivity index (χ3v) is 7.18. The third kappa shape index (κ3) is 4.36. The van der Waals surface area contributed by atoms with Gasteiger partial charge in [-0.2, -0.15) is 9.78 Å². The van der Waals surface area contributed by atoms with Gasteiger partial charge in [0.1, 0.15) is 5.02 Å². The molecule has 1 atom stereocenters. The summed E-state index contributed by atoms with van der Waals surface area (Å²) in [5.41, 5.74) is 0.628. The quantitative estimate of drug-likeness (QED) is 0.454. The van der Waals surface area contributed by atoms with E-state index in [0.29, 0.717) is 5.69 Å². The molecule has 0 amide bonds. The van der Waals surface area contributed by atoms with E-state index in [2.05, 4.69) is 9.82 Å². The van der Waals surface area contributed by atoms with Gasteiger partial charge in [0.15, 0.2) is 0 Å². The van der Waals surface area contributed by atoms with Crippen molar-refractivity contribution in [1.29, 1.82) is 0 Å². The van der Waals surface area contributed by atoms with Crippen LogP contribution in [0.4, 0.5) is 0 Å².